The maximum absolute atomic E-state index is 10.2. The van der Waals surface area contributed by atoms with Crippen LogP contribution in [0.5, 0.6) is 0 Å². The lowest BCUT2D eigenvalue weighted by Gasteiger charge is -2.24. The summed E-state index contributed by atoms with van der Waals surface area (Å²) in [7, 11) is 0. The van der Waals surface area contributed by atoms with Gasteiger partial charge in [0.15, 0.2) is 0 Å². The van der Waals surface area contributed by atoms with Crippen LogP contribution in [0.25, 0.3) is 0 Å². The molecule has 3 atom stereocenters. The van der Waals surface area contributed by atoms with E-state index in [0.717, 1.165) is 0 Å². The summed E-state index contributed by atoms with van der Waals surface area (Å²) in [4.78, 5) is 0. The second-order valence-corrected chi connectivity index (χ2v) is 5.30. The van der Waals surface area contributed by atoms with Crippen LogP contribution in [0.15, 0.2) is 43.0 Å². The van der Waals surface area contributed by atoms with Crippen molar-refractivity contribution in [3.05, 3.63) is 48.6 Å². The van der Waals surface area contributed by atoms with Gasteiger partial charge in [0.25, 0.3) is 0 Å². The van der Waals surface area contributed by atoms with Crippen molar-refractivity contribution >= 4 is 0 Å². The molecule has 0 amide bonds. The first-order valence-corrected chi connectivity index (χ1v) is 6.64. The van der Waals surface area contributed by atoms with Crippen LogP contribution in [0.4, 0.5) is 0 Å². The molecule has 0 heterocycles. The van der Waals surface area contributed by atoms with Crippen molar-refractivity contribution in [3.8, 4) is 0 Å². The molecule has 100 valence electrons. The fourth-order valence-electron chi connectivity index (χ4n) is 2.12. The number of aliphatic hydroxyl groups excluding tert-OH is 1. The summed E-state index contributed by atoms with van der Waals surface area (Å²) in [6.45, 7) is 8.11. The Bertz CT molecular complexity index is 347. The molecule has 0 saturated heterocycles. The quantitative estimate of drug-likeness (QED) is 0.728. The molecule has 2 heteroatoms. The van der Waals surface area contributed by atoms with Gasteiger partial charge in [-0.15, -0.1) is 6.58 Å². The van der Waals surface area contributed by atoms with Crippen LogP contribution >= 0.6 is 0 Å². The first-order valence-electron chi connectivity index (χ1n) is 6.64. The smallest absolute Gasteiger partial charge is 0.0700 e. The average Bonchev–Trinajstić information content (AvgIpc) is 2.36. The van der Waals surface area contributed by atoms with E-state index in [0.29, 0.717) is 24.7 Å². The van der Waals surface area contributed by atoms with E-state index in [9.17, 15) is 5.11 Å². The molecule has 0 aliphatic carbocycles. The third-order valence-corrected chi connectivity index (χ3v) is 3.48. The highest BCUT2D eigenvalue weighted by atomic mass is 16.3. The highest BCUT2D eigenvalue weighted by molar-refractivity contribution is 5.16. The molecule has 1 rings (SSSR count). The zero-order valence-corrected chi connectivity index (χ0v) is 11.4. The second-order valence-electron chi connectivity index (χ2n) is 5.30. The fourth-order valence-corrected chi connectivity index (χ4v) is 2.12. The molecule has 0 spiro atoms. The van der Waals surface area contributed by atoms with Gasteiger partial charge in [0.05, 0.1) is 6.10 Å². The van der Waals surface area contributed by atoms with Crippen molar-refractivity contribution in [2.75, 3.05) is 0 Å². The minimum atomic E-state index is -0.476. The lowest BCUT2D eigenvalue weighted by atomic mass is 9.87. The molecule has 0 saturated carbocycles. The largest absolute Gasteiger partial charge is 0.391 e. The van der Waals surface area contributed by atoms with Gasteiger partial charge in [-0.1, -0.05) is 50.3 Å². The van der Waals surface area contributed by atoms with E-state index in [1.807, 2.05) is 36.4 Å². The van der Waals surface area contributed by atoms with Crippen LogP contribution < -0.4 is 5.73 Å². The maximum atomic E-state index is 10.2. The molecule has 0 aromatic heterocycles. The summed E-state index contributed by atoms with van der Waals surface area (Å²) >= 11 is 0. The van der Waals surface area contributed by atoms with E-state index in [-0.39, 0.29) is 6.04 Å². The highest BCUT2D eigenvalue weighted by Crippen LogP contribution is 2.20. The lowest BCUT2D eigenvalue weighted by molar-refractivity contribution is 0.114. The van der Waals surface area contributed by atoms with E-state index in [1.165, 1.54) is 5.56 Å². The monoisotopic (exact) mass is 247 g/mol. The maximum Gasteiger partial charge on any atom is 0.0700 e. The molecule has 2 nitrogen and oxygen atoms in total. The number of rotatable bonds is 7. The van der Waals surface area contributed by atoms with Crippen molar-refractivity contribution in [1.82, 2.24) is 0 Å². The molecule has 0 aliphatic heterocycles. The molecule has 3 N–H and O–H groups in total. The summed E-state index contributed by atoms with van der Waals surface area (Å²) < 4.78 is 0. The SMILES string of the molecule is C=C[C@@H](C[C@H](O)[C@@H](N)Cc1ccccc1)C(C)C. The molecule has 18 heavy (non-hydrogen) atoms. The van der Waals surface area contributed by atoms with Crippen molar-refractivity contribution in [2.24, 2.45) is 17.6 Å². The van der Waals surface area contributed by atoms with E-state index >= 15 is 0 Å². The third-order valence-electron chi connectivity index (χ3n) is 3.48. The van der Waals surface area contributed by atoms with Gasteiger partial charge in [-0.25, -0.2) is 0 Å². The molecular weight excluding hydrogens is 222 g/mol. The van der Waals surface area contributed by atoms with Crippen molar-refractivity contribution in [3.63, 3.8) is 0 Å². The molecule has 0 aliphatic rings. The molecule has 1 aromatic carbocycles. The summed E-state index contributed by atoms with van der Waals surface area (Å²) in [5.74, 6) is 0.808. The fraction of sp³-hybridized carbons (Fsp3) is 0.500. The predicted octanol–water partition coefficient (Wildman–Crippen LogP) is 2.77. The molecule has 1 aromatic rings. The van der Waals surface area contributed by atoms with Gasteiger partial charge in [-0.3, -0.25) is 0 Å². The number of allylic oxidation sites excluding steroid dienone is 1. The standard InChI is InChI=1S/C16H25NO/c1-4-14(12(2)3)11-16(18)15(17)10-13-8-6-5-7-9-13/h4-9,12,14-16,18H,1,10-11,17H2,2-3H3/t14-,15-,16-/m0/s1. The normalized spacial score (nSPS) is 16.3. The summed E-state index contributed by atoms with van der Waals surface area (Å²) in [6, 6.07) is 9.84. The van der Waals surface area contributed by atoms with Crippen LogP contribution in [0.1, 0.15) is 25.8 Å². The molecule has 0 fully saturated rings. The van der Waals surface area contributed by atoms with Crippen LogP contribution in [0.3, 0.4) is 0 Å². The first-order chi connectivity index (χ1) is 8.54. The van der Waals surface area contributed by atoms with Gasteiger partial charge in [0.2, 0.25) is 0 Å². The van der Waals surface area contributed by atoms with Crippen molar-refractivity contribution in [1.29, 1.82) is 0 Å². The Morgan fingerprint density at radius 1 is 1.28 bits per heavy atom. The summed E-state index contributed by atoms with van der Waals surface area (Å²) in [5.41, 5.74) is 7.24. The Labute approximate surface area is 111 Å². The molecule has 0 unspecified atom stereocenters. The van der Waals surface area contributed by atoms with Gasteiger partial charge in [0.1, 0.15) is 0 Å². The van der Waals surface area contributed by atoms with Gasteiger partial charge < -0.3 is 10.8 Å². The van der Waals surface area contributed by atoms with Gasteiger partial charge in [-0.05, 0) is 30.2 Å². The minimum Gasteiger partial charge on any atom is -0.391 e. The van der Waals surface area contributed by atoms with Crippen LogP contribution in [0, 0.1) is 11.8 Å². The van der Waals surface area contributed by atoms with Crippen LogP contribution in [-0.4, -0.2) is 17.3 Å². The van der Waals surface area contributed by atoms with Crippen LogP contribution in [-0.2, 0) is 6.42 Å². The number of aliphatic hydroxyl groups is 1. The first kappa shape index (κ1) is 14.9. The van der Waals surface area contributed by atoms with E-state index in [1.54, 1.807) is 0 Å². The van der Waals surface area contributed by atoms with Gasteiger partial charge >= 0.3 is 0 Å². The van der Waals surface area contributed by atoms with Crippen molar-refractivity contribution in [2.45, 2.75) is 38.8 Å². The third kappa shape index (κ3) is 4.63. The molecule has 0 radical (unpaired) electrons. The van der Waals surface area contributed by atoms with E-state index in [4.69, 9.17) is 5.73 Å². The zero-order chi connectivity index (χ0) is 13.5. The van der Waals surface area contributed by atoms with Crippen LogP contribution in [0.2, 0.25) is 0 Å². The average molecular weight is 247 g/mol. The summed E-state index contributed by atoms with van der Waals surface area (Å²) in [5, 5.41) is 10.2. The molecular formula is C16H25NO. The number of hydrogen-bond acceptors (Lipinski definition) is 2. The molecule has 0 bridgehead atoms. The predicted molar refractivity (Wildman–Crippen MR) is 77.3 cm³/mol. The van der Waals surface area contributed by atoms with E-state index in [2.05, 4.69) is 20.4 Å². The van der Waals surface area contributed by atoms with Gasteiger partial charge in [0, 0.05) is 6.04 Å². The Kier molecular flexibility index (Phi) is 6.10. The summed E-state index contributed by atoms with van der Waals surface area (Å²) in [6.07, 6.45) is 2.85. The minimum absolute atomic E-state index is 0.214. The highest BCUT2D eigenvalue weighted by Gasteiger charge is 2.20. The Balaban J connectivity index is 2.51. The Hall–Kier alpha value is -1.12. The Morgan fingerprint density at radius 3 is 2.39 bits per heavy atom. The topological polar surface area (TPSA) is 46.2 Å². The van der Waals surface area contributed by atoms with Crippen molar-refractivity contribution < 1.29 is 5.11 Å². The van der Waals surface area contributed by atoms with Gasteiger partial charge in [-0.2, -0.15) is 0 Å². The second kappa shape index (κ2) is 7.34. The number of benzene rings is 1. The Morgan fingerprint density at radius 2 is 1.89 bits per heavy atom. The number of hydrogen-bond donors (Lipinski definition) is 2. The van der Waals surface area contributed by atoms with E-state index < -0.39 is 6.10 Å². The zero-order valence-electron chi connectivity index (χ0n) is 11.4. The number of nitrogens with two attached hydrogens (primary N) is 1. The lowest BCUT2D eigenvalue weighted by Crippen LogP contribution is -2.38.